The van der Waals surface area contributed by atoms with E-state index in [1.54, 1.807) is 18.3 Å². The van der Waals surface area contributed by atoms with Gasteiger partial charge in [-0.15, -0.1) is 0 Å². The van der Waals surface area contributed by atoms with E-state index in [9.17, 15) is 4.79 Å². The van der Waals surface area contributed by atoms with E-state index in [0.29, 0.717) is 24.2 Å². The highest BCUT2D eigenvalue weighted by atomic mass is 32.1. The van der Waals surface area contributed by atoms with Crippen LogP contribution in [0.25, 0.3) is 0 Å². The topological polar surface area (TPSA) is 68.5 Å². The van der Waals surface area contributed by atoms with Crippen molar-refractivity contribution in [3.8, 4) is 0 Å². The number of rotatable bonds is 2. The third kappa shape index (κ3) is 2.26. The van der Waals surface area contributed by atoms with Crippen molar-refractivity contribution >= 4 is 17.2 Å². The van der Waals surface area contributed by atoms with E-state index in [2.05, 4.69) is 10.1 Å². The summed E-state index contributed by atoms with van der Waals surface area (Å²) < 4.78 is 11.0. The average molecular weight is 305 g/mol. The summed E-state index contributed by atoms with van der Waals surface area (Å²) in [7, 11) is 0. The highest BCUT2D eigenvalue weighted by molar-refractivity contribution is 7.08. The first-order valence-electron chi connectivity index (χ1n) is 6.98. The van der Waals surface area contributed by atoms with Gasteiger partial charge in [-0.05, 0) is 17.9 Å². The lowest BCUT2D eigenvalue weighted by atomic mass is 10.0. The molecule has 2 aromatic rings. The van der Waals surface area contributed by atoms with E-state index in [0.717, 1.165) is 18.5 Å². The smallest absolute Gasteiger partial charge is 0.254 e. The van der Waals surface area contributed by atoms with Gasteiger partial charge < -0.3 is 14.2 Å². The van der Waals surface area contributed by atoms with Crippen LogP contribution in [0, 0.1) is 12.8 Å². The zero-order valence-electron chi connectivity index (χ0n) is 11.6. The van der Waals surface area contributed by atoms with Gasteiger partial charge in [-0.25, -0.2) is 0 Å². The predicted octanol–water partition coefficient (Wildman–Crippen LogP) is 2.04. The van der Waals surface area contributed by atoms with Crippen LogP contribution < -0.4 is 0 Å². The minimum atomic E-state index is -0.101. The highest BCUT2D eigenvalue weighted by Gasteiger charge is 2.45. The molecule has 0 N–H and O–H groups in total. The van der Waals surface area contributed by atoms with Gasteiger partial charge in [-0.2, -0.15) is 16.3 Å². The molecule has 0 radical (unpaired) electrons. The third-order valence-corrected chi connectivity index (χ3v) is 4.81. The van der Waals surface area contributed by atoms with Gasteiger partial charge in [0.15, 0.2) is 0 Å². The number of ether oxygens (including phenoxy) is 1. The van der Waals surface area contributed by atoms with Crippen molar-refractivity contribution in [2.45, 2.75) is 25.6 Å². The predicted molar refractivity (Wildman–Crippen MR) is 75.0 cm³/mol. The van der Waals surface area contributed by atoms with Gasteiger partial charge in [-0.1, -0.05) is 5.16 Å². The molecule has 0 bridgehead atoms. The first-order chi connectivity index (χ1) is 10.2. The van der Waals surface area contributed by atoms with Crippen LogP contribution in [0.15, 0.2) is 21.3 Å². The summed E-state index contributed by atoms with van der Waals surface area (Å²) in [5.74, 6) is 1.63. The first-order valence-corrected chi connectivity index (χ1v) is 7.92. The molecule has 2 aliphatic rings. The number of hydrogen-bond donors (Lipinski definition) is 0. The van der Waals surface area contributed by atoms with E-state index in [4.69, 9.17) is 9.26 Å². The SMILES string of the molecule is Cc1nc([C@@H]2C[C@H]3CN(C(=O)c4ccsc4)C[C@H]3O2)no1. The maximum Gasteiger partial charge on any atom is 0.254 e. The molecule has 3 atom stereocenters. The van der Waals surface area contributed by atoms with Crippen LogP contribution in [0.3, 0.4) is 0 Å². The highest BCUT2D eigenvalue weighted by Crippen LogP contribution is 2.40. The molecule has 0 aromatic carbocycles. The average Bonchev–Trinajstić information content (AvgIpc) is 3.20. The Kier molecular flexibility index (Phi) is 3.04. The number of aromatic nitrogens is 2. The molecule has 2 saturated heterocycles. The number of aryl methyl sites for hydroxylation is 1. The lowest BCUT2D eigenvalue weighted by Gasteiger charge is -2.17. The van der Waals surface area contributed by atoms with E-state index < -0.39 is 0 Å². The fourth-order valence-electron chi connectivity index (χ4n) is 3.11. The Bertz CT molecular complexity index is 640. The second-order valence-corrected chi connectivity index (χ2v) is 6.33. The summed E-state index contributed by atoms with van der Waals surface area (Å²) >= 11 is 1.54. The molecule has 0 aliphatic carbocycles. The van der Waals surface area contributed by atoms with E-state index in [1.165, 1.54) is 0 Å². The zero-order chi connectivity index (χ0) is 14.4. The summed E-state index contributed by atoms with van der Waals surface area (Å²) in [5.41, 5.74) is 0.769. The molecule has 21 heavy (non-hydrogen) atoms. The van der Waals surface area contributed by atoms with Crippen LogP contribution in [-0.4, -0.2) is 40.1 Å². The minimum Gasteiger partial charge on any atom is -0.365 e. The second-order valence-electron chi connectivity index (χ2n) is 5.55. The van der Waals surface area contributed by atoms with Gasteiger partial charge in [0, 0.05) is 31.3 Å². The number of hydrogen-bond acceptors (Lipinski definition) is 6. The summed E-state index contributed by atoms with van der Waals surface area (Å²) in [4.78, 5) is 18.4. The molecule has 2 fully saturated rings. The molecule has 2 aliphatic heterocycles. The molecule has 110 valence electrons. The van der Waals surface area contributed by atoms with Gasteiger partial charge in [0.05, 0.1) is 11.7 Å². The quantitative estimate of drug-likeness (QED) is 0.849. The molecule has 0 spiro atoms. The van der Waals surface area contributed by atoms with Gasteiger partial charge in [-0.3, -0.25) is 4.79 Å². The number of fused-ring (bicyclic) bond motifs is 1. The van der Waals surface area contributed by atoms with Crippen LogP contribution in [0.2, 0.25) is 0 Å². The molecular weight excluding hydrogens is 290 g/mol. The molecule has 7 heteroatoms. The van der Waals surface area contributed by atoms with Crippen LogP contribution in [0.1, 0.15) is 34.6 Å². The van der Waals surface area contributed by atoms with Gasteiger partial charge in [0.2, 0.25) is 11.7 Å². The number of carbonyl (C=O) groups is 1. The summed E-state index contributed by atoms with van der Waals surface area (Å²) in [6, 6.07) is 1.87. The van der Waals surface area contributed by atoms with E-state index in [-0.39, 0.29) is 18.1 Å². The lowest BCUT2D eigenvalue weighted by molar-refractivity contribution is 0.0305. The van der Waals surface area contributed by atoms with Crippen molar-refractivity contribution in [3.63, 3.8) is 0 Å². The van der Waals surface area contributed by atoms with Gasteiger partial charge in [0.1, 0.15) is 6.10 Å². The maximum atomic E-state index is 12.3. The van der Waals surface area contributed by atoms with Crippen LogP contribution in [0.4, 0.5) is 0 Å². The number of nitrogens with zero attached hydrogens (tertiary/aromatic N) is 3. The Morgan fingerprint density at radius 3 is 3.05 bits per heavy atom. The number of likely N-dealkylation sites (tertiary alicyclic amines) is 1. The molecule has 6 nitrogen and oxygen atoms in total. The van der Waals surface area contributed by atoms with Crippen LogP contribution in [-0.2, 0) is 4.74 Å². The van der Waals surface area contributed by atoms with Crippen molar-refractivity contribution in [2.75, 3.05) is 13.1 Å². The van der Waals surface area contributed by atoms with Crippen molar-refractivity contribution in [1.29, 1.82) is 0 Å². The molecule has 0 saturated carbocycles. The maximum absolute atomic E-state index is 12.3. The second kappa shape index (κ2) is 4.92. The van der Waals surface area contributed by atoms with Crippen LogP contribution >= 0.6 is 11.3 Å². The molecule has 0 unspecified atom stereocenters. The Hall–Kier alpha value is -1.73. The van der Waals surface area contributed by atoms with Crippen LogP contribution in [0.5, 0.6) is 0 Å². The fourth-order valence-corrected chi connectivity index (χ4v) is 3.74. The minimum absolute atomic E-state index is 0.0800. The van der Waals surface area contributed by atoms with Crippen molar-refractivity contribution in [2.24, 2.45) is 5.92 Å². The number of amides is 1. The number of carbonyl (C=O) groups excluding carboxylic acids is 1. The summed E-state index contributed by atoms with van der Waals surface area (Å²) in [5, 5.41) is 7.75. The molecular formula is C14H15N3O3S. The van der Waals surface area contributed by atoms with E-state index in [1.807, 2.05) is 21.7 Å². The lowest BCUT2D eigenvalue weighted by Crippen LogP contribution is -2.30. The molecule has 1 amide bonds. The van der Waals surface area contributed by atoms with E-state index >= 15 is 0 Å². The van der Waals surface area contributed by atoms with Crippen molar-refractivity contribution < 1.29 is 14.1 Å². The molecule has 4 rings (SSSR count). The standard InChI is InChI=1S/C14H15N3O3S/c1-8-15-13(16-20-8)11-4-10-5-17(6-12(10)19-11)14(18)9-2-3-21-7-9/h2-3,7,10-12H,4-6H2,1H3/t10-,11-,12+/m0/s1. The van der Waals surface area contributed by atoms with Crippen molar-refractivity contribution in [3.05, 3.63) is 34.1 Å². The van der Waals surface area contributed by atoms with Gasteiger partial charge >= 0.3 is 0 Å². The fraction of sp³-hybridized carbons (Fsp3) is 0.500. The molecule has 4 heterocycles. The summed E-state index contributed by atoms with van der Waals surface area (Å²) in [6.07, 6.45) is 0.823. The summed E-state index contributed by atoms with van der Waals surface area (Å²) in [6.45, 7) is 3.16. The molecule has 2 aromatic heterocycles. The Morgan fingerprint density at radius 2 is 2.38 bits per heavy atom. The zero-order valence-corrected chi connectivity index (χ0v) is 12.4. The Labute approximate surface area is 125 Å². The monoisotopic (exact) mass is 305 g/mol. The third-order valence-electron chi connectivity index (χ3n) is 4.12. The van der Waals surface area contributed by atoms with Crippen molar-refractivity contribution in [1.82, 2.24) is 15.0 Å². The first kappa shape index (κ1) is 13.0. The normalized spacial score (nSPS) is 28.0. The Morgan fingerprint density at radius 1 is 1.48 bits per heavy atom. The largest absolute Gasteiger partial charge is 0.365 e. The number of thiophene rings is 1. The Balaban J connectivity index is 1.43. The van der Waals surface area contributed by atoms with Gasteiger partial charge in [0.25, 0.3) is 5.91 Å².